The predicted molar refractivity (Wildman–Crippen MR) is 124 cm³/mol. The predicted octanol–water partition coefficient (Wildman–Crippen LogP) is 3.92. The molecule has 0 aromatic heterocycles. The lowest BCUT2D eigenvalue weighted by molar-refractivity contribution is -0.122. The van der Waals surface area contributed by atoms with Crippen molar-refractivity contribution >= 4 is 44.0 Å². The fourth-order valence-electron chi connectivity index (χ4n) is 3.43. The van der Waals surface area contributed by atoms with Crippen molar-refractivity contribution in [3.05, 3.63) is 65.7 Å². The Morgan fingerprint density at radius 3 is 2.50 bits per heavy atom. The number of fused-ring (bicyclic) bond motifs is 1. The maximum absolute atomic E-state index is 12.8. The van der Waals surface area contributed by atoms with Crippen molar-refractivity contribution in [2.45, 2.75) is 17.9 Å². The summed E-state index contributed by atoms with van der Waals surface area (Å²) in [5.74, 6) is -0.116. The van der Waals surface area contributed by atoms with Crippen LogP contribution in [0.5, 0.6) is 5.75 Å². The number of morpholine rings is 1. The molecule has 3 aromatic carbocycles. The molecule has 1 atom stereocenters. The number of hydrogen-bond acceptors (Lipinski definition) is 5. The molecule has 0 bridgehead atoms. The zero-order valence-corrected chi connectivity index (χ0v) is 19.0. The van der Waals surface area contributed by atoms with Gasteiger partial charge in [0.05, 0.1) is 23.1 Å². The van der Waals surface area contributed by atoms with E-state index >= 15 is 0 Å². The Labute approximate surface area is 191 Å². The third kappa shape index (κ3) is 4.88. The van der Waals surface area contributed by atoms with E-state index in [1.165, 1.54) is 22.5 Å². The number of benzene rings is 3. The maximum atomic E-state index is 12.8. The van der Waals surface area contributed by atoms with Gasteiger partial charge >= 0.3 is 0 Å². The number of nitrogens with zero attached hydrogens (tertiary/aromatic N) is 1. The second kappa shape index (κ2) is 9.46. The number of rotatable bonds is 6. The number of hydrogen-bond donors (Lipinski definition) is 1. The van der Waals surface area contributed by atoms with E-state index in [4.69, 9.17) is 21.1 Å². The number of nitrogens with one attached hydrogen (secondary N) is 1. The highest BCUT2D eigenvalue weighted by atomic mass is 35.5. The molecule has 1 unspecified atom stereocenters. The molecule has 1 saturated heterocycles. The van der Waals surface area contributed by atoms with Gasteiger partial charge < -0.3 is 14.8 Å². The number of sulfonamides is 1. The fourth-order valence-corrected chi connectivity index (χ4v) is 5.15. The topological polar surface area (TPSA) is 84.9 Å². The molecule has 0 radical (unpaired) electrons. The Kier molecular flexibility index (Phi) is 6.66. The van der Waals surface area contributed by atoms with Crippen LogP contribution in [0.3, 0.4) is 0 Å². The normalized spacial score (nSPS) is 15.9. The molecular formula is C23H23ClN2O5S. The van der Waals surface area contributed by atoms with E-state index in [0.29, 0.717) is 32.0 Å². The minimum absolute atomic E-state index is 0.0741. The molecule has 32 heavy (non-hydrogen) atoms. The van der Waals surface area contributed by atoms with Gasteiger partial charge in [0, 0.05) is 18.8 Å². The third-order valence-corrected chi connectivity index (χ3v) is 7.39. The van der Waals surface area contributed by atoms with Crippen LogP contribution < -0.4 is 10.1 Å². The van der Waals surface area contributed by atoms with Crippen LogP contribution in [0.4, 0.5) is 5.69 Å². The van der Waals surface area contributed by atoms with E-state index in [1.54, 1.807) is 6.92 Å². The summed E-state index contributed by atoms with van der Waals surface area (Å²) in [5, 5.41) is 5.04. The lowest BCUT2D eigenvalue weighted by Gasteiger charge is -2.26. The van der Waals surface area contributed by atoms with Crippen LogP contribution >= 0.6 is 11.6 Å². The summed E-state index contributed by atoms with van der Waals surface area (Å²) in [4.78, 5) is 12.7. The van der Waals surface area contributed by atoms with Crippen LogP contribution in [0, 0.1) is 0 Å². The van der Waals surface area contributed by atoms with E-state index in [0.717, 1.165) is 10.8 Å². The average Bonchev–Trinajstić information content (AvgIpc) is 2.80. The average molecular weight is 475 g/mol. The first-order valence-corrected chi connectivity index (χ1v) is 12.0. The summed E-state index contributed by atoms with van der Waals surface area (Å²) in [6.07, 6.45) is -0.847. The van der Waals surface area contributed by atoms with Crippen molar-refractivity contribution in [3.63, 3.8) is 0 Å². The van der Waals surface area contributed by atoms with E-state index in [1.807, 2.05) is 42.5 Å². The van der Waals surface area contributed by atoms with Gasteiger partial charge in [0.15, 0.2) is 6.10 Å². The van der Waals surface area contributed by atoms with Gasteiger partial charge in [-0.3, -0.25) is 4.79 Å². The van der Waals surface area contributed by atoms with Gasteiger partial charge in [0.2, 0.25) is 10.0 Å². The zero-order chi connectivity index (χ0) is 22.7. The van der Waals surface area contributed by atoms with Crippen molar-refractivity contribution in [1.82, 2.24) is 4.31 Å². The summed E-state index contributed by atoms with van der Waals surface area (Å²) in [6.45, 7) is 2.91. The number of ether oxygens (including phenoxy) is 2. The Hall–Kier alpha value is -2.65. The number of anilines is 1. The van der Waals surface area contributed by atoms with Crippen LogP contribution in [0.1, 0.15) is 6.92 Å². The Bertz CT molecular complexity index is 1240. The molecule has 1 heterocycles. The van der Waals surface area contributed by atoms with Crippen molar-refractivity contribution in [3.8, 4) is 5.75 Å². The lowest BCUT2D eigenvalue weighted by atomic mass is 10.1. The lowest BCUT2D eigenvalue weighted by Crippen LogP contribution is -2.40. The molecule has 1 amide bonds. The molecule has 0 saturated carbocycles. The van der Waals surface area contributed by atoms with Crippen LogP contribution in [-0.2, 0) is 19.6 Å². The Balaban J connectivity index is 1.44. The van der Waals surface area contributed by atoms with Crippen molar-refractivity contribution in [1.29, 1.82) is 0 Å². The first-order valence-electron chi connectivity index (χ1n) is 10.2. The van der Waals surface area contributed by atoms with Gasteiger partial charge in [-0.25, -0.2) is 8.42 Å². The van der Waals surface area contributed by atoms with Gasteiger partial charge in [0.25, 0.3) is 5.91 Å². The smallest absolute Gasteiger partial charge is 0.265 e. The first-order chi connectivity index (χ1) is 15.3. The monoisotopic (exact) mass is 474 g/mol. The van der Waals surface area contributed by atoms with E-state index < -0.39 is 16.1 Å². The SMILES string of the molecule is CC(Oc1ccc(S(=O)(=O)N2CCOCC2)cc1Cl)C(=O)Nc1ccc2ccccc2c1. The van der Waals surface area contributed by atoms with E-state index in [-0.39, 0.29) is 21.6 Å². The highest BCUT2D eigenvalue weighted by Gasteiger charge is 2.27. The third-order valence-electron chi connectivity index (χ3n) is 5.20. The van der Waals surface area contributed by atoms with Crippen molar-refractivity contribution < 1.29 is 22.7 Å². The van der Waals surface area contributed by atoms with Gasteiger partial charge in [-0.05, 0) is 48.0 Å². The zero-order valence-electron chi connectivity index (χ0n) is 17.5. The summed E-state index contributed by atoms with van der Waals surface area (Å²) in [7, 11) is -3.67. The molecule has 1 aliphatic heterocycles. The molecular weight excluding hydrogens is 452 g/mol. The maximum Gasteiger partial charge on any atom is 0.265 e. The van der Waals surface area contributed by atoms with Crippen LogP contribution in [0.2, 0.25) is 5.02 Å². The highest BCUT2D eigenvalue weighted by Crippen LogP contribution is 2.30. The largest absolute Gasteiger partial charge is 0.479 e. The summed E-state index contributed by atoms with van der Waals surface area (Å²) < 4.78 is 37.9. The van der Waals surface area contributed by atoms with Crippen molar-refractivity contribution in [2.75, 3.05) is 31.6 Å². The Morgan fingerprint density at radius 2 is 1.78 bits per heavy atom. The molecule has 0 aliphatic carbocycles. The molecule has 1 N–H and O–H groups in total. The minimum Gasteiger partial charge on any atom is -0.479 e. The second-order valence-corrected chi connectivity index (χ2v) is 9.77. The standard InChI is InChI=1S/C23H23ClN2O5S/c1-16(23(27)25-19-7-6-17-4-2-3-5-18(17)14-19)31-22-9-8-20(15-21(22)24)32(28,29)26-10-12-30-13-11-26/h2-9,14-16H,10-13H2,1H3,(H,25,27). The van der Waals surface area contributed by atoms with E-state index in [2.05, 4.69) is 5.32 Å². The molecule has 4 rings (SSSR count). The van der Waals surface area contributed by atoms with Crippen molar-refractivity contribution in [2.24, 2.45) is 0 Å². The number of carbonyl (C=O) groups excluding carboxylic acids is 1. The van der Waals surface area contributed by atoms with Crippen LogP contribution in [-0.4, -0.2) is 51.0 Å². The second-order valence-electron chi connectivity index (χ2n) is 7.42. The van der Waals surface area contributed by atoms with Gasteiger partial charge in [-0.1, -0.05) is 41.9 Å². The minimum atomic E-state index is -3.67. The first kappa shape index (κ1) is 22.5. The quantitative estimate of drug-likeness (QED) is 0.585. The van der Waals surface area contributed by atoms with Gasteiger partial charge in [0.1, 0.15) is 5.75 Å². The number of carbonyl (C=O) groups is 1. The van der Waals surface area contributed by atoms with Gasteiger partial charge in [-0.15, -0.1) is 0 Å². The Morgan fingerprint density at radius 1 is 1.06 bits per heavy atom. The highest BCUT2D eigenvalue weighted by molar-refractivity contribution is 7.89. The summed E-state index contributed by atoms with van der Waals surface area (Å²) >= 11 is 6.28. The summed E-state index contributed by atoms with van der Waals surface area (Å²) in [5.41, 5.74) is 0.655. The van der Waals surface area contributed by atoms with Crippen LogP contribution in [0.15, 0.2) is 65.6 Å². The van der Waals surface area contributed by atoms with Crippen LogP contribution in [0.25, 0.3) is 10.8 Å². The molecule has 3 aromatic rings. The molecule has 168 valence electrons. The number of amides is 1. The molecule has 7 nitrogen and oxygen atoms in total. The molecule has 0 spiro atoms. The van der Waals surface area contributed by atoms with Gasteiger partial charge in [-0.2, -0.15) is 4.31 Å². The molecule has 9 heteroatoms. The molecule has 1 fully saturated rings. The molecule has 1 aliphatic rings. The van der Waals surface area contributed by atoms with E-state index in [9.17, 15) is 13.2 Å². The fraction of sp³-hybridized carbons (Fsp3) is 0.261. The summed E-state index contributed by atoms with van der Waals surface area (Å²) in [6, 6.07) is 17.7. The number of halogens is 1.